The third-order valence-electron chi connectivity index (χ3n) is 2.49. The van der Waals surface area contributed by atoms with E-state index in [2.05, 4.69) is 11.8 Å². The van der Waals surface area contributed by atoms with E-state index in [9.17, 15) is 13.2 Å². The third-order valence-corrected chi connectivity index (χ3v) is 2.49. The van der Waals surface area contributed by atoms with Crippen molar-refractivity contribution in [1.82, 2.24) is 4.90 Å². The zero-order valence-corrected chi connectivity index (χ0v) is 10.8. The van der Waals surface area contributed by atoms with Crippen LogP contribution in [-0.4, -0.2) is 47.6 Å². The van der Waals surface area contributed by atoms with Gasteiger partial charge in [-0.15, -0.1) is 0 Å². The van der Waals surface area contributed by atoms with Crippen LogP contribution in [0.15, 0.2) is 24.3 Å². The van der Waals surface area contributed by atoms with E-state index in [0.29, 0.717) is 11.1 Å². The minimum atomic E-state index is -4.29. The molecule has 0 atom stereocenters. The number of halogens is 3. The van der Waals surface area contributed by atoms with Crippen LogP contribution < -0.4 is 0 Å². The van der Waals surface area contributed by atoms with Crippen LogP contribution in [0.25, 0.3) is 0 Å². The Bertz CT molecular complexity index is 460. The topological polar surface area (TPSA) is 43.7 Å². The normalized spacial score (nSPS) is 11.3. The summed E-state index contributed by atoms with van der Waals surface area (Å²) in [5.74, 6) is 5.19. The molecule has 0 heterocycles. The molecule has 0 aliphatic heterocycles. The van der Waals surface area contributed by atoms with Gasteiger partial charge in [0.25, 0.3) is 0 Å². The highest BCUT2D eigenvalue weighted by Gasteiger charge is 2.30. The van der Waals surface area contributed by atoms with Crippen molar-refractivity contribution in [2.24, 2.45) is 0 Å². The van der Waals surface area contributed by atoms with E-state index >= 15 is 0 Å². The van der Waals surface area contributed by atoms with Gasteiger partial charge >= 0.3 is 6.18 Å². The van der Waals surface area contributed by atoms with E-state index in [1.54, 1.807) is 24.3 Å². The van der Waals surface area contributed by atoms with Crippen molar-refractivity contribution in [3.63, 3.8) is 0 Å². The molecular formula is C14H16F3NO2. The highest BCUT2D eigenvalue weighted by molar-refractivity contribution is 5.36. The van der Waals surface area contributed by atoms with E-state index in [-0.39, 0.29) is 26.3 Å². The molecule has 0 saturated carbocycles. The van der Waals surface area contributed by atoms with Crippen molar-refractivity contribution in [3.8, 4) is 11.8 Å². The standard InChI is InChI=1S/C14H16F3NO2/c15-14(16,17)11-18(7-9-20)10-13-5-3-12(4-6-13)2-1-8-19/h3-6,19-20H,7-11H2. The molecule has 3 nitrogen and oxygen atoms in total. The number of benzene rings is 1. The lowest BCUT2D eigenvalue weighted by molar-refractivity contribution is -0.147. The fourth-order valence-corrected chi connectivity index (χ4v) is 1.70. The van der Waals surface area contributed by atoms with Crippen LogP contribution in [0, 0.1) is 11.8 Å². The molecule has 1 rings (SSSR count). The summed E-state index contributed by atoms with van der Waals surface area (Å²) in [5, 5.41) is 17.4. The predicted octanol–water partition coefficient (Wildman–Crippen LogP) is 1.39. The smallest absolute Gasteiger partial charge is 0.395 e. The van der Waals surface area contributed by atoms with E-state index in [1.165, 1.54) is 0 Å². The molecule has 2 N–H and O–H groups in total. The van der Waals surface area contributed by atoms with Crippen LogP contribution in [0.4, 0.5) is 13.2 Å². The molecule has 0 amide bonds. The Balaban J connectivity index is 2.68. The Labute approximate surface area is 115 Å². The lowest BCUT2D eigenvalue weighted by Crippen LogP contribution is -2.35. The SMILES string of the molecule is OCC#Cc1ccc(CN(CCO)CC(F)(F)F)cc1. The van der Waals surface area contributed by atoms with Gasteiger partial charge in [0.05, 0.1) is 13.2 Å². The Morgan fingerprint density at radius 1 is 1.10 bits per heavy atom. The van der Waals surface area contributed by atoms with Crippen LogP contribution in [0.2, 0.25) is 0 Å². The van der Waals surface area contributed by atoms with Gasteiger partial charge in [-0.25, -0.2) is 0 Å². The van der Waals surface area contributed by atoms with Crippen molar-refractivity contribution in [2.75, 3.05) is 26.3 Å². The minimum Gasteiger partial charge on any atom is -0.395 e. The van der Waals surface area contributed by atoms with Crippen LogP contribution in [0.3, 0.4) is 0 Å². The molecule has 20 heavy (non-hydrogen) atoms. The number of nitrogens with zero attached hydrogens (tertiary/aromatic N) is 1. The maximum atomic E-state index is 12.4. The highest BCUT2D eigenvalue weighted by atomic mass is 19.4. The van der Waals surface area contributed by atoms with Gasteiger partial charge in [0, 0.05) is 18.7 Å². The Morgan fingerprint density at radius 3 is 2.25 bits per heavy atom. The number of hydrogen-bond acceptors (Lipinski definition) is 3. The Hall–Kier alpha value is -1.55. The quantitative estimate of drug-likeness (QED) is 0.804. The van der Waals surface area contributed by atoms with E-state index in [0.717, 1.165) is 4.90 Å². The number of aliphatic hydroxyl groups excluding tert-OH is 2. The van der Waals surface area contributed by atoms with Crippen LogP contribution >= 0.6 is 0 Å². The average molecular weight is 287 g/mol. The molecule has 1 aromatic carbocycles. The van der Waals surface area contributed by atoms with Gasteiger partial charge in [-0.3, -0.25) is 4.90 Å². The van der Waals surface area contributed by atoms with Crippen molar-refractivity contribution < 1.29 is 23.4 Å². The average Bonchev–Trinajstić information content (AvgIpc) is 2.36. The number of aliphatic hydroxyl groups is 2. The fraction of sp³-hybridized carbons (Fsp3) is 0.429. The highest BCUT2D eigenvalue weighted by Crippen LogP contribution is 2.18. The summed E-state index contributed by atoms with van der Waals surface area (Å²) in [6.45, 7) is -1.55. The molecule has 0 unspecified atom stereocenters. The summed E-state index contributed by atoms with van der Waals surface area (Å²) in [4.78, 5) is 1.13. The summed E-state index contributed by atoms with van der Waals surface area (Å²) < 4.78 is 37.1. The van der Waals surface area contributed by atoms with Gasteiger partial charge in [0.15, 0.2) is 0 Å². The maximum absolute atomic E-state index is 12.4. The summed E-state index contributed by atoms with van der Waals surface area (Å²) in [6, 6.07) is 6.73. The Morgan fingerprint density at radius 2 is 1.75 bits per heavy atom. The van der Waals surface area contributed by atoms with Gasteiger partial charge in [-0.2, -0.15) is 13.2 Å². The molecule has 6 heteroatoms. The van der Waals surface area contributed by atoms with Gasteiger partial charge in [-0.1, -0.05) is 24.0 Å². The number of alkyl halides is 3. The largest absolute Gasteiger partial charge is 0.401 e. The second kappa shape index (κ2) is 7.90. The minimum absolute atomic E-state index is 0.0361. The lowest BCUT2D eigenvalue weighted by atomic mass is 10.1. The predicted molar refractivity (Wildman–Crippen MR) is 68.8 cm³/mol. The molecule has 0 saturated heterocycles. The fourth-order valence-electron chi connectivity index (χ4n) is 1.70. The lowest BCUT2D eigenvalue weighted by Gasteiger charge is -2.22. The summed E-state index contributed by atoms with van der Waals surface area (Å²) in [7, 11) is 0. The first-order valence-corrected chi connectivity index (χ1v) is 6.03. The maximum Gasteiger partial charge on any atom is 0.401 e. The summed E-state index contributed by atoms with van der Waals surface area (Å²) in [6.07, 6.45) is -4.29. The van der Waals surface area contributed by atoms with Gasteiger partial charge in [0.1, 0.15) is 6.61 Å². The first kappa shape index (κ1) is 16.5. The molecule has 0 aromatic heterocycles. The molecule has 0 bridgehead atoms. The molecule has 0 radical (unpaired) electrons. The number of hydrogen-bond donors (Lipinski definition) is 2. The monoisotopic (exact) mass is 287 g/mol. The zero-order chi connectivity index (χ0) is 15.0. The van der Waals surface area contributed by atoms with E-state index in [1.807, 2.05) is 0 Å². The molecule has 0 fully saturated rings. The van der Waals surface area contributed by atoms with Crippen molar-refractivity contribution in [3.05, 3.63) is 35.4 Å². The van der Waals surface area contributed by atoms with Crippen LogP contribution in [0.1, 0.15) is 11.1 Å². The van der Waals surface area contributed by atoms with Crippen LogP contribution in [0.5, 0.6) is 0 Å². The third kappa shape index (κ3) is 6.57. The first-order chi connectivity index (χ1) is 9.44. The molecule has 0 spiro atoms. The van der Waals surface area contributed by atoms with Crippen molar-refractivity contribution >= 4 is 0 Å². The van der Waals surface area contributed by atoms with Crippen molar-refractivity contribution in [1.29, 1.82) is 0 Å². The zero-order valence-electron chi connectivity index (χ0n) is 10.8. The van der Waals surface area contributed by atoms with Crippen LogP contribution in [-0.2, 0) is 6.54 Å². The molecular weight excluding hydrogens is 271 g/mol. The first-order valence-electron chi connectivity index (χ1n) is 6.03. The Kier molecular flexibility index (Phi) is 6.52. The number of rotatable bonds is 5. The van der Waals surface area contributed by atoms with Gasteiger partial charge < -0.3 is 10.2 Å². The molecule has 0 aliphatic carbocycles. The van der Waals surface area contributed by atoms with E-state index < -0.39 is 12.7 Å². The van der Waals surface area contributed by atoms with E-state index in [4.69, 9.17) is 10.2 Å². The second-order valence-electron chi connectivity index (χ2n) is 4.21. The summed E-state index contributed by atoms with van der Waals surface area (Å²) in [5.41, 5.74) is 1.39. The second-order valence-corrected chi connectivity index (χ2v) is 4.21. The summed E-state index contributed by atoms with van der Waals surface area (Å²) >= 11 is 0. The molecule has 0 aliphatic rings. The molecule has 1 aromatic rings. The van der Waals surface area contributed by atoms with Crippen molar-refractivity contribution in [2.45, 2.75) is 12.7 Å². The molecule has 110 valence electrons. The van der Waals surface area contributed by atoms with Gasteiger partial charge in [0.2, 0.25) is 0 Å². The van der Waals surface area contributed by atoms with Gasteiger partial charge in [-0.05, 0) is 17.7 Å².